The third-order valence-electron chi connectivity index (χ3n) is 2.95. The predicted molar refractivity (Wildman–Crippen MR) is 65.6 cm³/mol. The first-order valence-corrected chi connectivity index (χ1v) is 6.12. The molecule has 0 saturated heterocycles. The molecule has 78 valence electrons. The lowest BCUT2D eigenvalue weighted by molar-refractivity contribution is 0.828. The van der Waals surface area contributed by atoms with Crippen molar-refractivity contribution in [2.45, 2.75) is 32.2 Å². The lowest BCUT2D eigenvalue weighted by atomic mass is 10.2. The van der Waals surface area contributed by atoms with Crippen LogP contribution >= 0.6 is 11.3 Å². The quantitative estimate of drug-likeness (QED) is 0.833. The van der Waals surface area contributed by atoms with Crippen molar-refractivity contribution in [3.05, 3.63) is 23.8 Å². The van der Waals surface area contributed by atoms with Crippen LogP contribution in [0.2, 0.25) is 0 Å². The van der Waals surface area contributed by atoms with Gasteiger partial charge in [-0.25, -0.2) is 4.98 Å². The van der Waals surface area contributed by atoms with Gasteiger partial charge in [-0.1, -0.05) is 17.4 Å². The molecule has 0 unspecified atom stereocenters. The smallest absolute Gasteiger partial charge is 0.184 e. The van der Waals surface area contributed by atoms with Crippen LogP contribution in [-0.4, -0.2) is 10.5 Å². The van der Waals surface area contributed by atoms with Crippen LogP contribution in [0.1, 0.15) is 25.3 Å². The van der Waals surface area contributed by atoms with Crippen molar-refractivity contribution in [2.75, 3.05) is 5.32 Å². The molecular weight excluding hydrogens is 204 g/mol. The van der Waals surface area contributed by atoms with E-state index in [0.717, 1.165) is 10.6 Å². The van der Waals surface area contributed by atoms with Gasteiger partial charge in [0, 0.05) is 5.54 Å². The number of benzene rings is 1. The van der Waals surface area contributed by atoms with Crippen molar-refractivity contribution in [3.63, 3.8) is 0 Å². The second kappa shape index (κ2) is 2.95. The van der Waals surface area contributed by atoms with Gasteiger partial charge in [0.05, 0.1) is 10.2 Å². The third kappa shape index (κ3) is 1.72. The maximum atomic E-state index is 4.59. The maximum absolute atomic E-state index is 4.59. The fourth-order valence-corrected chi connectivity index (χ4v) is 2.77. The van der Waals surface area contributed by atoms with Gasteiger partial charge in [0.2, 0.25) is 0 Å². The molecule has 1 aliphatic rings. The molecule has 2 nitrogen and oxygen atoms in total. The number of rotatable bonds is 2. The number of hydrogen-bond donors (Lipinski definition) is 1. The molecule has 3 heteroatoms. The molecule has 1 fully saturated rings. The molecular formula is C12H14N2S. The topological polar surface area (TPSA) is 24.9 Å². The third-order valence-corrected chi connectivity index (χ3v) is 3.89. The minimum absolute atomic E-state index is 0.322. The summed E-state index contributed by atoms with van der Waals surface area (Å²) in [4.78, 5) is 4.59. The Labute approximate surface area is 93.3 Å². The van der Waals surface area contributed by atoms with Crippen molar-refractivity contribution in [3.8, 4) is 0 Å². The van der Waals surface area contributed by atoms with Crippen LogP contribution in [0.5, 0.6) is 0 Å². The van der Waals surface area contributed by atoms with Crippen LogP contribution in [0.15, 0.2) is 18.2 Å². The second-order valence-electron chi connectivity index (χ2n) is 4.68. The zero-order valence-electron chi connectivity index (χ0n) is 9.00. The van der Waals surface area contributed by atoms with Crippen LogP contribution < -0.4 is 5.32 Å². The Morgan fingerprint density at radius 3 is 2.93 bits per heavy atom. The van der Waals surface area contributed by atoms with E-state index in [9.17, 15) is 0 Å². The molecule has 1 heterocycles. The average Bonchev–Trinajstić information content (AvgIpc) is 2.76. The molecule has 0 aliphatic heterocycles. The van der Waals surface area contributed by atoms with E-state index in [1.165, 1.54) is 23.1 Å². The first kappa shape index (κ1) is 9.16. The van der Waals surface area contributed by atoms with E-state index in [1.807, 2.05) is 0 Å². The molecule has 1 aromatic carbocycles. The van der Waals surface area contributed by atoms with Gasteiger partial charge >= 0.3 is 0 Å². The Kier molecular flexibility index (Phi) is 1.80. The van der Waals surface area contributed by atoms with Gasteiger partial charge < -0.3 is 5.32 Å². The molecule has 0 amide bonds. The number of thiazole rings is 1. The Morgan fingerprint density at radius 2 is 2.20 bits per heavy atom. The first-order chi connectivity index (χ1) is 7.15. The Balaban J connectivity index is 1.99. The minimum Gasteiger partial charge on any atom is -0.356 e. The molecule has 0 radical (unpaired) electrons. The van der Waals surface area contributed by atoms with Gasteiger partial charge in [-0.3, -0.25) is 0 Å². The summed E-state index contributed by atoms with van der Waals surface area (Å²) in [6, 6.07) is 6.42. The highest BCUT2D eigenvalue weighted by Gasteiger charge is 2.37. The summed E-state index contributed by atoms with van der Waals surface area (Å²) >= 11 is 1.76. The van der Waals surface area contributed by atoms with Crippen molar-refractivity contribution in [1.29, 1.82) is 0 Å². The molecule has 0 bridgehead atoms. The van der Waals surface area contributed by atoms with Crippen LogP contribution in [-0.2, 0) is 0 Å². The van der Waals surface area contributed by atoms with Crippen molar-refractivity contribution >= 4 is 26.7 Å². The molecule has 1 aromatic heterocycles. The minimum atomic E-state index is 0.322. The number of fused-ring (bicyclic) bond motifs is 1. The van der Waals surface area contributed by atoms with Crippen LogP contribution in [0.4, 0.5) is 5.13 Å². The molecule has 1 N–H and O–H groups in total. The molecule has 0 atom stereocenters. The van der Waals surface area contributed by atoms with Gasteiger partial charge in [0.1, 0.15) is 0 Å². The summed E-state index contributed by atoms with van der Waals surface area (Å²) < 4.78 is 1.28. The van der Waals surface area contributed by atoms with E-state index in [1.54, 1.807) is 11.3 Å². The SMILES string of the molecule is Cc1ccc2nc(NC3(C)CC3)sc2c1. The van der Waals surface area contributed by atoms with Gasteiger partial charge in [-0.15, -0.1) is 0 Å². The largest absolute Gasteiger partial charge is 0.356 e. The lowest BCUT2D eigenvalue weighted by Gasteiger charge is -2.08. The Morgan fingerprint density at radius 1 is 1.40 bits per heavy atom. The zero-order valence-corrected chi connectivity index (χ0v) is 9.82. The highest BCUT2D eigenvalue weighted by molar-refractivity contribution is 7.22. The number of aromatic nitrogens is 1. The maximum Gasteiger partial charge on any atom is 0.184 e. The van der Waals surface area contributed by atoms with Gasteiger partial charge in [-0.2, -0.15) is 0 Å². The summed E-state index contributed by atoms with van der Waals surface area (Å²) in [5.41, 5.74) is 2.73. The summed E-state index contributed by atoms with van der Waals surface area (Å²) in [7, 11) is 0. The van der Waals surface area contributed by atoms with Crippen LogP contribution in [0.25, 0.3) is 10.2 Å². The summed E-state index contributed by atoms with van der Waals surface area (Å²) in [6.07, 6.45) is 2.53. The molecule has 15 heavy (non-hydrogen) atoms. The number of nitrogens with zero attached hydrogens (tertiary/aromatic N) is 1. The van der Waals surface area contributed by atoms with Gasteiger partial charge in [0.25, 0.3) is 0 Å². The normalized spacial score (nSPS) is 18.0. The van der Waals surface area contributed by atoms with Gasteiger partial charge in [-0.05, 0) is 44.4 Å². The molecule has 1 saturated carbocycles. The van der Waals surface area contributed by atoms with Gasteiger partial charge in [0.15, 0.2) is 5.13 Å². The Bertz CT molecular complexity index is 511. The predicted octanol–water partition coefficient (Wildman–Crippen LogP) is 3.57. The number of aryl methyl sites for hydroxylation is 1. The van der Waals surface area contributed by atoms with Crippen molar-refractivity contribution in [2.24, 2.45) is 0 Å². The highest BCUT2D eigenvalue weighted by atomic mass is 32.1. The van der Waals surface area contributed by atoms with Crippen molar-refractivity contribution in [1.82, 2.24) is 4.98 Å². The van der Waals surface area contributed by atoms with Crippen LogP contribution in [0.3, 0.4) is 0 Å². The van der Waals surface area contributed by atoms with E-state index in [-0.39, 0.29) is 0 Å². The monoisotopic (exact) mass is 218 g/mol. The molecule has 3 rings (SSSR count). The highest BCUT2D eigenvalue weighted by Crippen LogP contribution is 2.39. The number of hydrogen-bond acceptors (Lipinski definition) is 3. The number of anilines is 1. The van der Waals surface area contributed by atoms with E-state index in [4.69, 9.17) is 0 Å². The van der Waals surface area contributed by atoms with Crippen molar-refractivity contribution < 1.29 is 0 Å². The first-order valence-electron chi connectivity index (χ1n) is 5.30. The summed E-state index contributed by atoms with van der Waals surface area (Å²) in [6.45, 7) is 4.37. The second-order valence-corrected chi connectivity index (χ2v) is 5.71. The standard InChI is InChI=1S/C12H14N2S/c1-8-3-4-9-10(7-8)15-11(13-9)14-12(2)5-6-12/h3-4,7H,5-6H2,1-2H3,(H,13,14). The summed E-state index contributed by atoms with van der Waals surface area (Å²) in [5, 5.41) is 4.57. The van der Waals surface area contributed by atoms with E-state index < -0.39 is 0 Å². The number of nitrogens with one attached hydrogen (secondary N) is 1. The molecule has 1 aliphatic carbocycles. The summed E-state index contributed by atoms with van der Waals surface area (Å²) in [5.74, 6) is 0. The van der Waals surface area contributed by atoms with Crippen LogP contribution in [0, 0.1) is 6.92 Å². The van der Waals surface area contributed by atoms with E-state index in [0.29, 0.717) is 5.54 Å². The van der Waals surface area contributed by atoms with E-state index >= 15 is 0 Å². The Hall–Kier alpha value is -1.09. The van der Waals surface area contributed by atoms with E-state index in [2.05, 4.69) is 42.3 Å². The average molecular weight is 218 g/mol. The zero-order chi connectivity index (χ0) is 10.5. The lowest BCUT2D eigenvalue weighted by Crippen LogP contribution is -2.15. The molecule has 2 aromatic rings. The fraction of sp³-hybridized carbons (Fsp3) is 0.417. The molecule has 0 spiro atoms. The fourth-order valence-electron chi connectivity index (χ4n) is 1.66.